The van der Waals surface area contributed by atoms with Gasteiger partial charge < -0.3 is 19.5 Å². The Labute approximate surface area is 199 Å². The lowest BCUT2D eigenvalue weighted by Gasteiger charge is -2.25. The first-order chi connectivity index (χ1) is 15.7. The maximum atomic E-state index is 13.2. The van der Waals surface area contributed by atoms with Crippen molar-refractivity contribution in [3.63, 3.8) is 0 Å². The van der Waals surface area contributed by atoms with Gasteiger partial charge >= 0.3 is 0 Å². The minimum Gasteiger partial charge on any atom is -0.507 e. The van der Waals surface area contributed by atoms with Gasteiger partial charge in [-0.05, 0) is 74.4 Å². The molecular weight excluding hydrogens is 438 g/mol. The maximum Gasteiger partial charge on any atom is 0.295 e. The van der Waals surface area contributed by atoms with Crippen LogP contribution >= 0.6 is 11.3 Å². The molecule has 0 radical (unpaired) electrons. The summed E-state index contributed by atoms with van der Waals surface area (Å²) in [7, 11) is 0. The third-order valence-corrected chi connectivity index (χ3v) is 6.75. The van der Waals surface area contributed by atoms with Crippen molar-refractivity contribution < 1.29 is 24.2 Å². The summed E-state index contributed by atoms with van der Waals surface area (Å²) < 4.78 is 11.4. The maximum absolute atomic E-state index is 13.2. The predicted molar refractivity (Wildman–Crippen MR) is 131 cm³/mol. The van der Waals surface area contributed by atoms with E-state index in [1.807, 2.05) is 65.1 Å². The lowest BCUT2D eigenvalue weighted by molar-refractivity contribution is -0.140. The number of benzene rings is 1. The van der Waals surface area contributed by atoms with E-state index in [0.717, 1.165) is 21.8 Å². The van der Waals surface area contributed by atoms with E-state index in [0.29, 0.717) is 18.8 Å². The fourth-order valence-electron chi connectivity index (χ4n) is 4.02. The zero-order valence-electron chi connectivity index (χ0n) is 20.2. The number of aryl methyl sites for hydroxylation is 1. The van der Waals surface area contributed by atoms with E-state index in [-0.39, 0.29) is 29.9 Å². The molecule has 1 atom stereocenters. The SMILES string of the molecule is CCOc1ccc(/C(O)=C2/C(=O)C(=O)N(CCOC(C)C)C2c2sccc2C)cc1C(C)C. The van der Waals surface area contributed by atoms with Gasteiger partial charge in [0.1, 0.15) is 11.5 Å². The Balaban J connectivity index is 2.11. The molecule has 1 aromatic heterocycles. The monoisotopic (exact) mass is 471 g/mol. The van der Waals surface area contributed by atoms with Crippen molar-refractivity contribution in [3.8, 4) is 5.75 Å². The first-order valence-electron chi connectivity index (χ1n) is 11.4. The van der Waals surface area contributed by atoms with Crippen molar-refractivity contribution in [1.29, 1.82) is 0 Å². The van der Waals surface area contributed by atoms with Crippen LogP contribution in [0.2, 0.25) is 0 Å². The minimum atomic E-state index is -0.671. The van der Waals surface area contributed by atoms with E-state index < -0.39 is 17.7 Å². The van der Waals surface area contributed by atoms with E-state index in [1.54, 1.807) is 6.07 Å². The summed E-state index contributed by atoms with van der Waals surface area (Å²) in [4.78, 5) is 28.6. The predicted octanol–water partition coefficient (Wildman–Crippen LogP) is 5.43. The number of ketones is 1. The van der Waals surface area contributed by atoms with Crippen LogP contribution in [-0.2, 0) is 14.3 Å². The summed E-state index contributed by atoms with van der Waals surface area (Å²) in [5.74, 6) is -0.541. The number of likely N-dealkylation sites (tertiary alicyclic amines) is 1. The lowest BCUT2D eigenvalue weighted by Crippen LogP contribution is -2.33. The van der Waals surface area contributed by atoms with Crippen molar-refractivity contribution >= 4 is 28.8 Å². The molecule has 0 saturated carbocycles. The third kappa shape index (κ3) is 5.14. The molecule has 1 N–H and O–H groups in total. The highest BCUT2D eigenvalue weighted by molar-refractivity contribution is 7.10. The molecule has 178 valence electrons. The highest BCUT2D eigenvalue weighted by atomic mass is 32.1. The van der Waals surface area contributed by atoms with Gasteiger partial charge in [0.25, 0.3) is 11.7 Å². The van der Waals surface area contributed by atoms with Crippen LogP contribution in [0.3, 0.4) is 0 Å². The molecule has 0 aliphatic carbocycles. The van der Waals surface area contributed by atoms with Gasteiger partial charge in [-0.1, -0.05) is 13.8 Å². The molecule has 1 aromatic carbocycles. The first-order valence-corrected chi connectivity index (χ1v) is 12.3. The van der Waals surface area contributed by atoms with Gasteiger partial charge in [-0.3, -0.25) is 9.59 Å². The Kier molecular flexibility index (Phi) is 7.97. The minimum absolute atomic E-state index is 0.0158. The number of carbonyl (C=O) groups is 2. The molecule has 0 spiro atoms. The highest BCUT2D eigenvalue weighted by Crippen LogP contribution is 2.43. The van der Waals surface area contributed by atoms with Crippen LogP contribution < -0.4 is 4.74 Å². The van der Waals surface area contributed by atoms with Crippen molar-refractivity contribution in [1.82, 2.24) is 4.90 Å². The Morgan fingerprint density at radius 1 is 1.18 bits per heavy atom. The summed E-state index contributed by atoms with van der Waals surface area (Å²) in [5, 5.41) is 13.3. The van der Waals surface area contributed by atoms with Crippen LogP contribution in [0.15, 0.2) is 35.2 Å². The normalized spacial score (nSPS) is 18.1. The number of hydrogen-bond donors (Lipinski definition) is 1. The topological polar surface area (TPSA) is 76.1 Å². The van der Waals surface area contributed by atoms with Gasteiger partial charge in [-0.2, -0.15) is 0 Å². The average molecular weight is 472 g/mol. The van der Waals surface area contributed by atoms with Crippen LogP contribution in [0.4, 0.5) is 0 Å². The molecule has 1 aliphatic heterocycles. The molecule has 2 heterocycles. The number of nitrogens with zero attached hydrogens (tertiary/aromatic N) is 1. The summed E-state index contributed by atoms with van der Waals surface area (Å²) >= 11 is 1.48. The van der Waals surface area contributed by atoms with Gasteiger partial charge in [0.15, 0.2) is 0 Å². The number of aliphatic hydroxyl groups is 1. The molecule has 33 heavy (non-hydrogen) atoms. The van der Waals surface area contributed by atoms with E-state index in [1.165, 1.54) is 16.2 Å². The van der Waals surface area contributed by atoms with Crippen LogP contribution in [0.25, 0.3) is 5.76 Å². The number of Topliss-reactive ketones (excluding diaryl/α,β-unsaturated/α-hetero) is 1. The smallest absolute Gasteiger partial charge is 0.295 e. The number of thiophene rings is 1. The van der Waals surface area contributed by atoms with Crippen molar-refractivity contribution in [3.05, 3.63) is 56.8 Å². The van der Waals surface area contributed by atoms with Gasteiger partial charge in [0.05, 0.1) is 30.9 Å². The summed E-state index contributed by atoms with van der Waals surface area (Å²) in [6, 6.07) is 6.71. The second kappa shape index (κ2) is 10.5. The van der Waals surface area contributed by atoms with Crippen LogP contribution in [-0.4, -0.2) is 47.6 Å². The molecule has 6 nitrogen and oxygen atoms in total. The molecule has 1 amide bonds. The Bertz CT molecular complexity index is 1050. The zero-order chi connectivity index (χ0) is 24.3. The second-order valence-electron chi connectivity index (χ2n) is 8.72. The summed E-state index contributed by atoms with van der Waals surface area (Å²) in [6.07, 6.45) is 0.0158. The second-order valence-corrected chi connectivity index (χ2v) is 9.67. The Hall–Kier alpha value is -2.64. The molecular formula is C26H33NO5S. The van der Waals surface area contributed by atoms with Gasteiger partial charge in [0, 0.05) is 17.0 Å². The molecule has 2 aromatic rings. The summed E-state index contributed by atoms with van der Waals surface area (Å²) in [6.45, 7) is 12.9. The van der Waals surface area contributed by atoms with Crippen LogP contribution in [0.1, 0.15) is 68.1 Å². The number of hydrogen-bond acceptors (Lipinski definition) is 6. The van der Waals surface area contributed by atoms with Crippen LogP contribution in [0.5, 0.6) is 5.75 Å². The number of rotatable bonds is 9. The highest BCUT2D eigenvalue weighted by Gasteiger charge is 2.47. The first kappa shape index (κ1) is 25.0. The Morgan fingerprint density at radius 2 is 1.91 bits per heavy atom. The van der Waals surface area contributed by atoms with E-state index in [2.05, 4.69) is 0 Å². The molecule has 1 fully saturated rings. The molecule has 0 bridgehead atoms. The van der Waals surface area contributed by atoms with Gasteiger partial charge in [-0.25, -0.2) is 0 Å². The van der Waals surface area contributed by atoms with Crippen molar-refractivity contribution in [2.75, 3.05) is 19.8 Å². The molecule has 1 aliphatic rings. The van der Waals surface area contributed by atoms with E-state index >= 15 is 0 Å². The standard InChI is InChI=1S/C26H33NO5S/c1-7-31-20-9-8-18(14-19(20)15(2)3)23(28)21-22(25-17(6)10-13-33-25)27(26(30)24(21)29)11-12-32-16(4)5/h8-10,13-16,22,28H,7,11-12H2,1-6H3/b23-21-. The fourth-order valence-corrected chi connectivity index (χ4v) is 5.07. The number of carbonyl (C=O) groups excluding carboxylic acids is 2. The fraction of sp³-hybridized carbons (Fsp3) is 0.462. The average Bonchev–Trinajstić information content (AvgIpc) is 3.29. The number of aliphatic hydroxyl groups excluding tert-OH is 1. The van der Waals surface area contributed by atoms with Crippen molar-refractivity contribution in [2.24, 2.45) is 0 Å². The van der Waals surface area contributed by atoms with Crippen molar-refractivity contribution in [2.45, 2.75) is 59.6 Å². The molecule has 7 heteroatoms. The Morgan fingerprint density at radius 3 is 2.48 bits per heavy atom. The molecule has 3 rings (SSSR count). The van der Waals surface area contributed by atoms with E-state index in [9.17, 15) is 14.7 Å². The quantitative estimate of drug-likeness (QED) is 0.300. The number of ether oxygens (including phenoxy) is 2. The third-order valence-electron chi connectivity index (χ3n) is 5.68. The molecule has 1 saturated heterocycles. The van der Waals surface area contributed by atoms with Gasteiger partial charge in [-0.15, -0.1) is 11.3 Å². The summed E-state index contributed by atoms with van der Waals surface area (Å²) in [5.41, 5.74) is 2.53. The van der Waals surface area contributed by atoms with Crippen LogP contribution in [0, 0.1) is 6.92 Å². The van der Waals surface area contributed by atoms with Gasteiger partial charge in [0.2, 0.25) is 0 Å². The zero-order valence-corrected chi connectivity index (χ0v) is 21.0. The largest absolute Gasteiger partial charge is 0.507 e. The lowest BCUT2D eigenvalue weighted by atomic mass is 9.95. The molecule has 1 unspecified atom stereocenters. The van der Waals surface area contributed by atoms with E-state index in [4.69, 9.17) is 9.47 Å². The number of amides is 1.